The summed E-state index contributed by atoms with van der Waals surface area (Å²) in [5.74, 6) is 0.701. The zero-order valence-electron chi connectivity index (χ0n) is 14.2. The summed E-state index contributed by atoms with van der Waals surface area (Å²) in [6.07, 6.45) is 1.92. The molecule has 1 N–H and O–H groups in total. The van der Waals surface area contributed by atoms with Gasteiger partial charge >= 0.3 is 0 Å². The Morgan fingerprint density at radius 1 is 1.17 bits per heavy atom. The number of carbonyl (C=O) groups is 1. The van der Waals surface area contributed by atoms with E-state index in [1.54, 1.807) is 0 Å². The maximum absolute atomic E-state index is 12.5. The Hall–Kier alpha value is -2.82. The minimum atomic E-state index is -0.140. The monoisotopic (exact) mass is 323 g/mol. The molecule has 0 unspecified atom stereocenters. The second kappa shape index (κ2) is 6.74. The summed E-state index contributed by atoms with van der Waals surface area (Å²) >= 11 is 0. The second-order valence-corrected chi connectivity index (χ2v) is 5.85. The van der Waals surface area contributed by atoms with E-state index in [0.717, 1.165) is 28.2 Å². The average molecular weight is 323 g/mol. The molecule has 1 aromatic carbocycles. The maximum Gasteiger partial charge on any atom is 0.270 e. The van der Waals surface area contributed by atoms with Crippen LogP contribution in [0.3, 0.4) is 0 Å². The number of rotatable bonds is 5. The molecule has 1 amide bonds. The number of aryl methyl sites for hydroxylation is 3. The van der Waals surface area contributed by atoms with Crippen molar-refractivity contribution in [1.29, 1.82) is 0 Å². The van der Waals surface area contributed by atoms with E-state index in [1.807, 2.05) is 67.8 Å². The van der Waals surface area contributed by atoms with Crippen molar-refractivity contribution in [2.24, 2.45) is 0 Å². The summed E-state index contributed by atoms with van der Waals surface area (Å²) in [6.45, 7) is 6.70. The molecule has 0 fully saturated rings. The second-order valence-electron chi connectivity index (χ2n) is 5.85. The summed E-state index contributed by atoms with van der Waals surface area (Å²) in [4.78, 5) is 16.9. The van der Waals surface area contributed by atoms with Crippen molar-refractivity contribution in [3.8, 4) is 5.75 Å². The number of ether oxygens (including phenoxy) is 1. The topological polar surface area (TPSA) is 55.6 Å². The van der Waals surface area contributed by atoms with E-state index in [0.29, 0.717) is 18.8 Å². The molecular weight excluding hydrogens is 302 g/mol. The zero-order valence-corrected chi connectivity index (χ0v) is 14.2. The lowest BCUT2D eigenvalue weighted by atomic mass is 10.2. The van der Waals surface area contributed by atoms with E-state index in [-0.39, 0.29) is 5.91 Å². The van der Waals surface area contributed by atoms with E-state index in [4.69, 9.17) is 4.74 Å². The third-order valence-electron chi connectivity index (χ3n) is 3.89. The number of benzene rings is 1. The number of para-hydroxylation sites is 1. The van der Waals surface area contributed by atoms with Gasteiger partial charge < -0.3 is 10.1 Å². The number of pyridine rings is 1. The van der Waals surface area contributed by atoms with E-state index >= 15 is 0 Å². The van der Waals surface area contributed by atoms with Crippen LogP contribution < -0.4 is 10.1 Å². The molecule has 24 heavy (non-hydrogen) atoms. The first kappa shape index (κ1) is 16.1. The number of hydrogen-bond donors (Lipinski definition) is 1. The van der Waals surface area contributed by atoms with Crippen LogP contribution in [-0.2, 0) is 0 Å². The van der Waals surface area contributed by atoms with Crippen LogP contribution >= 0.6 is 0 Å². The fourth-order valence-corrected chi connectivity index (χ4v) is 2.67. The van der Waals surface area contributed by atoms with Gasteiger partial charge in [-0.2, -0.15) is 0 Å². The molecule has 5 heteroatoms. The molecule has 0 saturated carbocycles. The number of imidazole rings is 1. The molecule has 3 rings (SSSR count). The number of hydrogen-bond acceptors (Lipinski definition) is 3. The normalized spacial score (nSPS) is 10.8. The van der Waals surface area contributed by atoms with Crippen LogP contribution in [0.2, 0.25) is 0 Å². The SMILES string of the molecule is Cc1ccc2nc(C)c(C(=O)NCCOc3ccccc3C)n2c1. The molecule has 0 spiro atoms. The van der Waals surface area contributed by atoms with Gasteiger partial charge in [-0.05, 0) is 44.0 Å². The number of carbonyl (C=O) groups excluding carboxylic acids is 1. The number of nitrogens with zero attached hydrogens (tertiary/aromatic N) is 2. The van der Waals surface area contributed by atoms with Gasteiger partial charge in [-0.15, -0.1) is 0 Å². The molecule has 2 heterocycles. The molecule has 0 radical (unpaired) electrons. The Labute approximate surface area is 141 Å². The van der Waals surface area contributed by atoms with Crippen molar-refractivity contribution in [3.63, 3.8) is 0 Å². The molecule has 0 bridgehead atoms. The predicted molar refractivity (Wildman–Crippen MR) is 93.7 cm³/mol. The van der Waals surface area contributed by atoms with Crippen LogP contribution in [-0.4, -0.2) is 28.4 Å². The lowest BCUT2D eigenvalue weighted by Crippen LogP contribution is -2.29. The van der Waals surface area contributed by atoms with Gasteiger partial charge in [-0.1, -0.05) is 24.3 Å². The maximum atomic E-state index is 12.5. The van der Waals surface area contributed by atoms with Crippen LogP contribution in [0.25, 0.3) is 5.65 Å². The number of amides is 1. The molecule has 0 aliphatic rings. The summed E-state index contributed by atoms with van der Waals surface area (Å²) in [6, 6.07) is 11.7. The fourth-order valence-electron chi connectivity index (χ4n) is 2.67. The zero-order chi connectivity index (χ0) is 17.1. The van der Waals surface area contributed by atoms with Crippen LogP contribution in [0.5, 0.6) is 5.75 Å². The highest BCUT2D eigenvalue weighted by molar-refractivity contribution is 5.94. The van der Waals surface area contributed by atoms with Gasteiger partial charge in [0, 0.05) is 6.20 Å². The van der Waals surface area contributed by atoms with Gasteiger partial charge in [0.1, 0.15) is 23.7 Å². The Balaban J connectivity index is 1.64. The summed E-state index contributed by atoms with van der Waals surface area (Å²) in [7, 11) is 0. The first-order chi connectivity index (χ1) is 11.6. The quantitative estimate of drug-likeness (QED) is 0.734. The van der Waals surface area contributed by atoms with Crippen LogP contribution in [0.4, 0.5) is 0 Å². The molecule has 124 valence electrons. The van der Waals surface area contributed by atoms with Crippen LogP contribution in [0.1, 0.15) is 27.3 Å². The molecule has 0 aliphatic heterocycles. The van der Waals surface area contributed by atoms with Crippen molar-refractivity contribution in [2.45, 2.75) is 20.8 Å². The van der Waals surface area contributed by atoms with Crippen LogP contribution in [0, 0.1) is 20.8 Å². The third kappa shape index (κ3) is 3.25. The van der Waals surface area contributed by atoms with Crippen LogP contribution in [0.15, 0.2) is 42.6 Å². The predicted octanol–water partition coefficient (Wildman–Crippen LogP) is 3.07. The van der Waals surface area contributed by atoms with E-state index in [1.165, 1.54) is 0 Å². The van der Waals surface area contributed by atoms with Crippen molar-refractivity contribution in [1.82, 2.24) is 14.7 Å². The molecule has 3 aromatic rings. The Morgan fingerprint density at radius 2 is 1.96 bits per heavy atom. The average Bonchev–Trinajstić information content (AvgIpc) is 2.88. The summed E-state index contributed by atoms with van der Waals surface area (Å²) in [5, 5.41) is 2.90. The smallest absolute Gasteiger partial charge is 0.270 e. The molecule has 0 aliphatic carbocycles. The first-order valence-electron chi connectivity index (χ1n) is 7.98. The Bertz CT molecular complexity index is 883. The van der Waals surface area contributed by atoms with Crippen molar-refractivity contribution >= 4 is 11.6 Å². The number of aromatic nitrogens is 2. The van der Waals surface area contributed by atoms with E-state index in [2.05, 4.69) is 10.3 Å². The van der Waals surface area contributed by atoms with Crippen molar-refractivity contribution in [2.75, 3.05) is 13.2 Å². The highest BCUT2D eigenvalue weighted by Gasteiger charge is 2.16. The first-order valence-corrected chi connectivity index (χ1v) is 7.98. The summed E-state index contributed by atoms with van der Waals surface area (Å²) < 4.78 is 7.54. The number of nitrogens with one attached hydrogen (secondary N) is 1. The van der Waals surface area contributed by atoms with E-state index < -0.39 is 0 Å². The standard InChI is InChI=1S/C19H21N3O2/c1-13-8-9-17-21-15(3)18(22(17)12-13)19(23)20-10-11-24-16-7-5-4-6-14(16)2/h4-9,12H,10-11H2,1-3H3,(H,20,23). The third-order valence-corrected chi connectivity index (χ3v) is 3.89. The summed E-state index contributed by atoms with van der Waals surface area (Å²) in [5.41, 5.74) is 4.23. The molecular formula is C19H21N3O2. The molecule has 5 nitrogen and oxygen atoms in total. The molecule has 2 aromatic heterocycles. The largest absolute Gasteiger partial charge is 0.491 e. The minimum Gasteiger partial charge on any atom is -0.491 e. The highest BCUT2D eigenvalue weighted by atomic mass is 16.5. The van der Waals surface area contributed by atoms with Crippen molar-refractivity contribution < 1.29 is 9.53 Å². The van der Waals surface area contributed by atoms with Crippen molar-refractivity contribution in [3.05, 3.63) is 65.1 Å². The van der Waals surface area contributed by atoms with Gasteiger partial charge in [0.05, 0.1) is 12.2 Å². The molecule has 0 saturated heterocycles. The lowest BCUT2D eigenvalue weighted by molar-refractivity contribution is 0.0940. The Kier molecular flexibility index (Phi) is 4.51. The fraction of sp³-hybridized carbons (Fsp3) is 0.263. The highest BCUT2D eigenvalue weighted by Crippen LogP contribution is 2.16. The van der Waals surface area contributed by atoms with Gasteiger partial charge in [-0.25, -0.2) is 4.98 Å². The minimum absolute atomic E-state index is 0.140. The van der Waals surface area contributed by atoms with Gasteiger partial charge in [0.15, 0.2) is 0 Å². The lowest BCUT2D eigenvalue weighted by Gasteiger charge is -2.10. The van der Waals surface area contributed by atoms with Gasteiger partial charge in [0.25, 0.3) is 5.91 Å². The van der Waals surface area contributed by atoms with E-state index in [9.17, 15) is 4.79 Å². The van der Waals surface area contributed by atoms with Gasteiger partial charge in [-0.3, -0.25) is 9.20 Å². The van der Waals surface area contributed by atoms with Gasteiger partial charge in [0.2, 0.25) is 0 Å². The number of fused-ring (bicyclic) bond motifs is 1. The Morgan fingerprint density at radius 3 is 2.75 bits per heavy atom. The molecule has 0 atom stereocenters.